The Balaban J connectivity index is 2.78. The molecule has 4 nitrogen and oxygen atoms in total. The number of ketones is 1. The largest absolute Gasteiger partial charge is 0.496 e. The third-order valence-corrected chi connectivity index (χ3v) is 2.75. The molecule has 1 heterocycles. The van der Waals surface area contributed by atoms with Crippen LogP contribution in [0, 0.1) is 11.3 Å². The number of carbonyl (C=O) groups is 1. The number of benzene rings is 1. The molecule has 0 amide bonds. The van der Waals surface area contributed by atoms with Crippen molar-refractivity contribution in [3.8, 4) is 11.8 Å². The van der Waals surface area contributed by atoms with Gasteiger partial charge in [0.1, 0.15) is 5.75 Å². The van der Waals surface area contributed by atoms with Crippen molar-refractivity contribution in [2.24, 2.45) is 0 Å². The smallest absolute Gasteiger partial charge is 0.161 e. The van der Waals surface area contributed by atoms with E-state index in [0.29, 0.717) is 11.3 Å². The molecule has 0 bridgehead atoms. The molecular formula is C13H12N2O2. The standard InChI is InChI=1S/C13H12N2O2/c1-8(16)10-3-4-11(17-2)12-9(5-6-14)7-15-13(10)12/h3-4,7,15H,5H2,1-2H3. The third kappa shape index (κ3) is 1.76. The summed E-state index contributed by atoms with van der Waals surface area (Å²) in [6.07, 6.45) is 2.04. The number of aromatic amines is 1. The number of rotatable bonds is 3. The summed E-state index contributed by atoms with van der Waals surface area (Å²) in [5, 5.41) is 9.59. The quantitative estimate of drug-likeness (QED) is 0.820. The van der Waals surface area contributed by atoms with E-state index >= 15 is 0 Å². The predicted molar refractivity (Wildman–Crippen MR) is 64.2 cm³/mol. The fourth-order valence-corrected chi connectivity index (χ4v) is 1.97. The minimum absolute atomic E-state index is 0.0111. The van der Waals surface area contributed by atoms with E-state index < -0.39 is 0 Å². The molecule has 0 radical (unpaired) electrons. The molecule has 0 saturated carbocycles. The highest BCUT2D eigenvalue weighted by atomic mass is 16.5. The monoisotopic (exact) mass is 228 g/mol. The summed E-state index contributed by atoms with van der Waals surface area (Å²) < 4.78 is 5.27. The molecule has 0 unspecified atom stereocenters. The number of hydrogen-bond donors (Lipinski definition) is 1. The van der Waals surface area contributed by atoms with Gasteiger partial charge in [-0.1, -0.05) is 0 Å². The van der Waals surface area contributed by atoms with Gasteiger partial charge in [-0.05, 0) is 24.6 Å². The summed E-state index contributed by atoms with van der Waals surface area (Å²) in [5.41, 5.74) is 2.20. The van der Waals surface area contributed by atoms with E-state index in [2.05, 4.69) is 11.1 Å². The molecule has 0 aliphatic rings. The number of hydrogen-bond acceptors (Lipinski definition) is 3. The van der Waals surface area contributed by atoms with Gasteiger partial charge in [0.15, 0.2) is 5.78 Å². The first kappa shape index (κ1) is 11.2. The fourth-order valence-electron chi connectivity index (χ4n) is 1.97. The Hall–Kier alpha value is -2.28. The van der Waals surface area contributed by atoms with Gasteiger partial charge in [-0.3, -0.25) is 4.79 Å². The lowest BCUT2D eigenvalue weighted by Gasteiger charge is -2.06. The van der Waals surface area contributed by atoms with Gasteiger partial charge in [0.25, 0.3) is 0 Å². The second-order valence-corrected chi connectivity index (χ2v) is 3.77. The summed E-state index contributed by atoms with van der Waals surface area (Å²) in [4.78, 5) is 14.5. The van der Waals surface area contributed by atoms with Gasteiger partial charge in [0.2, 0.25) is 0 Å². The second-order valence-electron chi connectivity index (χ2n) is 3.77. The van der Waals surface area contributed by atoms with Gasteiger partial charge < -0.3 is 9.72 Å². The van der Waals surface area contributed by atoms with Crippen LogP contribution >= 0.6 is 0 Å². The van der Waals surface area contributed by atoms with Gasteiger partial charge in [-0.2, -0.15) is 5.26 Å². The lowest BCUT2D eigenvalue weighted by molar-refractivity contribution is 0.101. The van der Waals surface area contributed by atoms with Crippen molar-refractivity contribution in [2.45, 2.75) is 13.3 Å². The van der Waals surface area contributed by atoms with Crippen LogP contribution < -0.4 is 4.74 Å². The molecule has 0 saturated heterocycles. The van der Waals surface area contributed by atoms with E-state index in [-0.39, 0.29) is 12.2 Å². The molecule has 1 aromatic heterocycles. The van der Waals surface area contributed by atoms with Crippen molar-refractivity contribution >= 4 is 16.7 Å². The molecule has 1 N–H and O–H groups in total. The number of Topliss-reactive ketones (excluding diaryl/α,β-unsaturated/α-hetero) is 1. The summed E-state index contributed by atoms with van der Waals surface area (Å²) in [6, 6.07) is 5.59. The third-order valence-electron chi connectivity index (χ3n) is 2.75. The molecule has 2 aromatic rings. The minimum atomic E-state index is -0.0111. The van der Waals surface area contributed by atoms with Gasteiger partial charge in [0, 0.05) is 17.1 Å². The highest BCUT2D eigenvalue weighted by Crippen LogP contribution is 2.31. The van der Waals surface area contributed by atoms with Crippen molar-refractivity contribution in [3.05, 3.63) is 29.5 Å². The zero-order chi connectivity index (χ0) is 12.4. The Kier molecular flexibility index (Phi) is 2.84. The summed E-state index contributed by atoms with van der Waals surface area (Å²) >= 11 is 0. The minimum Gasteiger partial charge on any atom is -0.496 e. The van der Waals surface area contributed by atoms with Crippen LogP contribution in [0.3, 0.4) is 0 Å². The molecule has 0 spiro atoms. The van der Waals surface area contributed by atoms with E-state index in [1.807, 2.05) is 0 Å². The van der Waals surface area contributed by atoms with E-state index in [9.17, 15) is 4.79 Å². The van der Waals surface area contributed by atoms with Gasteiger partial charge in [0.05, 0.1) is 25.1 Å². The topological polar surface area (TPSA) is 65.9 Å². The highest BCUT2D eigenvalue weighted by Gasteiger charge is 2.14. The van der Waals surface area contributed by atoms with Crippen LogP contribution in [0.5, 0.6) is 5.75 Å². The first-order chi connectivity index (χ1) is 8.19. The normalized spacial score (nSPS) is 10.2. The second kappa shape index (κ2) is 4.30. The SMILES string of the molecule is COc1ccc(C(C)=O)c2[nH]cc(CC#N)c12. The molecule has 0 aliphatic carbocycles. The first-order valence-electron chi connectivity index (χ1n) is 5.24. The number of aromatic nitrogens is 1. The summed E-state index contributed by atoms with van der Waals surface area (Å²) in [7, 11) is 1.57. The van der Waals surface area contributed by atoms with Crippen LogP contribution in [0.4, 0.5) is 0 Å². The molecule has 0 fully saturated rings. The first-order valence-corrected chi connectivity index (χ1v) is 5.24. The highest BCUT2D eigenvalue weighted by molar-refractivity contribution is 6.08. The van der Waals surface area contributed by atoms with Crippen LogP contribution in [-0.2, 0) is 6.42 Å². The molecular weight excluding hydrogens is 216 g/mol. The van der Waals surface area contributed by atoms with E-state index in [0.717, 1.165) is 16.5 Å². The Morgan fingerprint density at radius 2 is 2.29 bits per heavy atom. The van der Waals surface area contributed by atoms with E-state index in [1.165, 1.54) is 6.92 Å². The van der Waals surface area contributed by atoms with Crippen molar-refractivity contribution < 1.29 is 9.53 Å². The number of fused-ring (bicyclic) bond motifs is 1. The van der Waals surface area contributed by atoms with Crippen LogP contribution in [0.15, 0.2) is 18.3 Å². The van der Waals surface area contributed by atoms with Crippen molar-refractivity contribution in [3.63, 3.8) is 0 Å². The molecule has 17 heavy (non-hydrogen) atoms. The average Bonchev–Trinajstić information content (AvgIpc) is 2.72. The predicted octanol–water partition coefficient (Wildman–Crippen LogP) is 2.45. The van der Waals surface area contributed by atoms with Crippen molar-refractivity contribution in [2.75, 3.05) is 7.11 Å². The molecule has 2 rings (SSSR count). The molecule has 86 valence electrons. The summed E-state index contributed by atoms with van der Waals surface area (Å²) in [6.45, 7) is 1.52. The van der Waals surface area contributed by atoms with E-state index in [4.69, 9.17) is 10.00 Å². The average molecular weight is 228 g/mol. The lowest BCUT2D eigenvalue weighted by atomic mass is 10.0. The van der Waals surface area contributed by atoms with Gasteiger partial charge in [-0.15, -0.1) is 0 Å². The maximum Gasteiger partial charge on any atom is 0.161 e. The van der Waals surface area contributed by atoms with Crippen LogP contribution in [-0.4, -0.2) is 17.9 Å². The number of methoxy groups -OCH3 is 1. The Morgan fingerprint density at radius 3 is 2.88 bits per heavy atom. The number of nitrogens with zero attached hydrogens (tertiary/aromatic N) is 1. The number of nitriles is 1. The van der Waals surface area contributed by atoms with Crippen LogP contribution in [0.1, 0.15) is 22.8 Å². The maximum absolute atomic E-state index is 11.5. The number of carbonyl (C=O) groups excluding carboxylic acids is 1. The van der Waals surface area contributed by atoms with Crippen molar-refractivity contribution in [1.29, 1.82) is 5.26 Å². The molecule has 0 atom stereocenters. The zero-order valence-corrected chi connectivity index (χ0v) is 9.70. The molecule has 0 aliphatic heterocycles. The van der Waals surface area contributed by atoms with Gasteiger partial charge in [-0.25, -0.2) is 0 Å². The maximum atomic E-state index is 11.5. The Labute approximate surface area is 98.8 Å². The van der Waals surface area contributed by atoms with Gasteiger partial charge >= 0.3 is 0 Å². The Morgan fingerprint density at radius 1 is 1.53 bits per heavy atom. The molecule has 4 heteroatoms. The molecule has 1 aromatic carbocycles. The Bertz CT molecular complexity index is 620. The summed E-state index contributed by atoms with van der Waals surface area (Å²) in [5.74, 6) is 0.666. The van der Waals surface area contributed by atoms with Crippen molar-refractivity contribution in [1.82, 2.24) is 4.98 Å². The number of nitrogens with one attached hydrogen (secondary N) is 1. The van der Waals surface area contributed by atoms with Crippen LogP contribution in [0.25, 0.3) is 10.9 Å². The van der Waals surface area contributed by atoms with Crippen LogP contribution in [0.2, 0.25) is 0 Å². The zero-order valence-electron chi connectivity index (χ0n) is 9.70. The number of ether oxygens (including phenoxy) is 1. The van der Waals surface area contributed by atoms with E-state index in [1.54, 1.807) is 25.4 Å². The fraction of sp³-hybridized carbons (Fsp3) is 0.231. The lowest BCUT2D eigenvalue weighted by Crippen LogP contribution is -1.95. The number of H-pyrrole nitrogens is 1.